The average Bonchev–Trinajstić information content (AvgIpc) is 2.70. The van der Waals surface area contributed by atoms with Crippen LogP contribution < -0.4 is 10.1 Å². The molecule has 26 heavy (non-hydrogen) atoms. The van der Waals surface area contributed by atoms with E-state index in [1.165, 1.54) is 24.0 Å². The highest BCUT2D eigenvalue weighted by Gasteiger charge is 2.22. The molecular formula is C23H29NO2. The second-order valence-corrected chi connectivity index (χ2v) is 7.03. The fourth-order valence-corrected chi connectivity index (χ4v) is 3.64. The fourth-order valence-electron chi connectivity index (χ4n) is 3.64. The van der Waals surface area contributed by atoms with E-state index in [1.807, 2.05) is 31.2 Å². The summed E-state index contributed by atoms with van der Waals surface area (Å²) in [5.41, 5.74) is 3.93. The molecule has 0 heterocycles. The Morgan fingerprint density at radius 1 is 1.00 bits per heavy atom. The van der Waals surface area contributed by atoms with Crippen LogP contribution in [0, 0.1) is 0 Å². The van der Waals surface area contributed by atoms with Gasteiger partial charge in [0.1, 0.15) is 5.75 Å². The van der Waals surface area contributed by atoms with E-state index < -0.39 is 6.10 Å². The molecule has 0 fully saturated rings. The van der Waals surface area contributed by atoms with Crippen molar-refractivity contribution in [2.75, 3.05) is 0 Å². The lowest BCUT2D eigenvalue weighted by molar-refractivity contribution is -0.128. The Hall–Kier alpha value is -2.29. The molecular weight excluding hydrogens is 322 g/mol. The van der Waals surface area contributed by atoms with Crippen LogP contribution in [0.5, 0.6) is 5.75 Å². The van der Waals surface area contributed by atoms with Gasteiger partial charge in [-0.25, -0.2) is 0 Å². The summed E-state index contributed by atoms with van der Waals surface area (Å²) < 4.78 is 6.06. The maximum atomic E-state index is 12.8. The minimum absolute atomic E-state index is 0.0184. The molecule has 138 valence electrons. The van der Waals surface area contributed by atoms with E-state index >= 15 is 0 Å². The summed E-state index contributed by atoms with van der Waals surface area (Å²) in [6, 6.07) is 16.4. The smallest absolute Gasteiger partial charge is 0.261 e. The molecule has 0 spiro atoms. The quantitative estimate of drug-likeness (QED) is 0.763. The van der Waals surface area contributed by atoms with Crippen LogP contribution in [0.25, 0.3) is 0 Å². The molecule has 3 rings (SSSR count). The van der Waals surface area contributed by atoms with E-state index in [4.69, 9.17) is 4.74 Å². The molecule has 0 radical (unpaired) electrons. The second-order valence-electron chi connectivity index (χ2n) is 7.03. The zero-order chi connectivity index (χ0) is 18.4. The van der Waals surface area contributed by atoms with Crippen LogP contribution in [-0.2, 0) is 17.6 Å². The van der Waals surface area contributed by atoms with Gasteiger partial charge >= 0.3 is 0 Å². The molecule has 0 saturated heterocycles. The Morgan fingerprint density at radius 3 is 2.42 bits per heavy atom. The molecule has 0 saturated carbocycles. The van der Waals surface area contributed by atoms with E-state index in [2.05, 4.69) is 36.5 Å². The molecule has 0 bridgehead atoms. The molecule has 3 nitrogen and oxygen atoms in total. The number of hydrogen-bond donors (Lipinski definition) is 1. The molecule has 3 heteroatoms. The van der Waals surface area contributed by atoms with Crippen LogP contribution in [0.2, 0.25) is 0 Å². The van der Waals surface area contributed by atoms with Gasteiger partial charge in [0.15, 0.2) is 6.10 Å². The van der Waals surface area contributed by atoms with Crippen LogP contribution in [0.1, 0.15) is 62.3 Å². The van der Waals surface area contributed by atoms with Crippen LogP contribution in [-0.4, -0.2) is 12.0 Å². The topological polar surface area (TPSA) is 38.3 Å². The number of carbonyl (C=O) groups excluding carboxylic acids is 1. The van der Waals surface area contributed by atoms with Crippen molar-refractivity contribution < 1.29 is 9.53 Å². The summed E-state index contributed by atoms with van der Waals surface area (Å²) in [4.78, 5) is 12.8. The summed E-state index contributed by atoms with van der Waals surface area (Å²) in [6.45, 7) is 4.08. The summed E-state index contributed by atoms with van der Waals surface area (Å²) in [7, 11) is 0. The lowest BCUT2D eigenvalue weighted by atomic mass is 9.92. The number of hydrogen-bond acceptors (Lipinski definition) is 2. The number of fused-ring (bicyclic) bond motifs is 1. The number of nitrogens with one attached hydrogen (secondary N) is 1. The normalized spacial score (nSPS) is 15.6. The highest BCUT2D eigenvalue weighted by molar-refractivity contribution is 5.81. The number of aryl methyl sites for hydroxylation is 2. The molecule has 2 atom stereocenters. The van der Waals surface area contributed by atoms with Crippen molar-refractivity contribution in [1.29, 1.82) is 0 Å². The van der Waals surface area contributed by atoms with Gasteiger partial charge in [0.25, 0.3) is 5.91 Å². The molecule has 0 aromatic heterocycles. The third-order valence-corrected chi connectivity index (χ3v) is 5.19. The van der Waals surface area contributed by atoms with E-state index in [1.54, 1.807) is 0 Å². The summed E-state index contributed by atoms with van der Waals surface area (Å²) in [5.74, 6) is 0.765. The first-order chi connectivity index (χ1) is 12.7. The van der Waals surface area contributed by atoms with E-state index in [0.717, 1.165) is 30.6 Å². The summed E-state index contributed by atoms with van der Waals surface area (Å²) in [5, 5.41) is 3.15. The van der Waals surface area contributed by atoms with Crippen LogP contribution in [0.4, 0.5) is 0 Å². The summed E-state index contributed by atoms with van der Waals surface area (Å²) >= 11 is 0. The maximum Gasteiger partial charge on any atom is 0.261 e. The lowest BCUT2D eigenvalue weighted by Crippen LogP contribution is -2.40. The van der Waals surface area contributed by atoms with Gasteiger partial charge in [-0.1, -0.05) is 50.2 Å². The Balaban J connectivity index is 1.67. The zero-order valence-electron chi connectivity index (χ0n) is 15.8. The van der Waals surface area contributed by atoms with Crippen LogP contribution >= 0.6 is 0 Å². The second kappa shape index (κ2) is 8.88. The number of ether oxygens (including phenoxy) is 1. The van der Waals surface area contributed by atoms with Crippen molar-refractivity contribution in [3.8, 4) is 5.75 Å². The van der Waals surface area contributed by atoms with Crippen molar-refractivity contribution in [2.24, 2.45) is 0 Å². The third kappa shape index (κ3) is 4.46. The molecule has 1 N–H and O–H groups in total. The Kier molecular flexibility index (Phi) is 6.32. The molecule has 1 amide bonds. The molecule has 1 aliphatic carbocycles. The molecule has 2 aromatic carbocycles. The standard InChI is InChI=1S/C23H29NO2/c1-3-21(18-11-6-5-7-12-18)24-23(25)22(4-2)26-20-15-14-17-10-8-9-13-19(17)16-20/h5-7,11-12,14-16,21-22H,3-4,8-10,13H2,1-2H3,(H,24,25)/t21-,22-/m0/s1. The molecule has 0 unspecified atom stereocenters. The van der Waals surface area contributed by atoms with E-state index in [0.29, 0.717) is 6.42 Å². The van der Waals surface area contributed by atoms with Gasteiger partial charge < -0.3 is 10.1 Å². The summed E-state index contributed by atoms with van der Waals surface area (Å²) in [6.07, 6.45) is 5.81. The van der Waals surface area contributed by atoms with E-state index in [-0.39, 0.29) is 11.9 Å². The van der Waals surface area contributed by atoms with Crippen molar-refractivity contribution in [1.82, 2.24) is 5.32 Å². The van der Waals surface area contributed by atoms with Crippen LogP contribution in [0.3, 0.4) is 0 Å². The highest BCUT2D eigenvalue weighted by atomic mass is 16.5. The maximum absolute atomic E-state index is 12.8. The number of benzene rings is 2. The first-order valence-electron chi connectivity index (χ1n) is 9.85. The number of rotatable bonds is 7. The number of amides is 1. The Labute approximate surface area is 156 Å². The Bertz CT molecular complexity index is 726. The van der Waals surface area contributed by atoms with Crippen LogP contribution in [0.15, 0.2) is 48.5 Å². The van der Waals surface area contributed by atoms with Gasteiger partial charge in [-0.3, -0.25) is 4.79 Å². The zero-order valence-corrected chi connectivity index (χ0v) is 15.8. The van der Waals surface area contributed by atoms with Crippen molar-refractivity contribution in [2.45, 2.75) is 64.5 Å². The Morgan fingerprint density at radius 2 is 1.73 bits per heavy atom. The van der Waals surface area contributed by atoms with E-state index in [9.17, 15) is 4.79 Å². The first-order valence-corrected chi connectivity index (χ1v) is 9.85. The van der Waals surface area contributed by atoms with Gasteiger partial charge in [0, 0.05) is 0 Å². The SMILES string of the molecule is CC[C@H](Oc1ccc2c(c1)CCCC2)C(=O)N[C@@H](CC)c1ccccc1. The first kappa shape index (κ1) is 18.5. The fraction of sp³-hybridized carbons (Fsp3) is 0.435. The minimum Gasteiger partial charge on any atom is -0.481 e. The minimum atomic E-state index is -0.464. The van der Waals surface area contributed by atoms with Gasteiger partial charge in [0.05, 0.1) is 6.04 Å². The predicted molar refractivity (Wildman–Crippen MR) is 105 cm³/mol. The van der Waals surface area contributed by atoms with Gasteiger partial charge in [-0.15, -0.1) is 0 Å². The van der Waals surface area contributed by atoms with Crippen molar-refractivity contribution >= 4 is 5.91 Å². The monoisotopic (exact) mass is 351 g/mol. The largest absolute Gasteiger partial charge is 0.481 e. The van der Waals surface area contributed by atoms with Gasteiger partial charge in [-0.2, -0.15) is 0 Å². The third-order valence-electron chi connectivity index (χ3n) is 5.19. The van der Waals surface area contributed by atoms with Gasteiger partial charge in [0.2, 0.25) is 0 Å². The molecule has 0 aliphatic heterocycles. The van der Waals surface area contributed by atoms with Gasteiger partial charge in [-0.05, 0) is 67.3 Å². The predicted octanol–water partition coefficient (Wildman–Crippen LogP) is 4.99. The average molecular weight is 351 g/mol. The molecule has 1 aliphatic rings. The highest BCUT2D eigenvalue weighted by Crippen LogP contribution is 2.26. The van der Waals surface area contributed by atoms with Crippen molar-refractivity contribution in [3.05, 3.63) is 65.2 Å². The van der Waals surface area contributed by atoms with Crippen molar-refractivity contribution in [3.63, 3.8) is 0 Å². The number of carbonyl (C=O) groups is 1. The molecule has 2 aromatic rings. The lowest BCUT2D eigenvalue weighted by Gasteiger charge is -2.23.